The molecule has 0 saturated heterocycles. The Bertz CT molecular complexity index is 350. The van der Waals surface area contributed by atoms with Crippen LogP contribution in [-0.2, 0) is 5.22 Å². The van der Waals surface area contributed by atoms with Gasteiger partial charge in [0, 0.05) is 0 Å². The second-order valence-corrected chi connectivity index (χ2v) is 9.66. The second-order valence-electron chi connectivity index (χ2n) is 4.44. The van der Waals surface area contributed by atoms with E-state index in [1.54, 1.807) is 0 Å². The lowest BCUT2D eigenvalue weighted by atomic mass is 10.1. The highest BCUT2D eigenvalue weighted by Crippen LogP contribution is 2.30. The molecule has 1 rings (SSSR count). The number of benzene rings is 1. The number of nitriles is 1. The van der Waals surface area contributed by atoms with E-state index in [9.17, 15) is 5.11 Å². The van der Waals surface area contributed by atoms with Crippen LogP contribution in [0.15, 0.2) is 30.3 Å². The molecule has 0 aliphatic rings. The second kappa shape index (κ2) is 3.56. The van der Waals surface area contributed by atoms with E-state index in [0.717, 1.165) is 0 Å². The van der Waals surface area contributed by atoms with Crippen LogP contribution < -0.4 is 0 Å². The molecule has 2 nitrogen and oxygen atoms in total. The fraction of sp³-hybridized carbons (Fsp3) is 0.364. The molecule has 0 aromatic heterocycles. The van der Waals surface area contributed by atoms with E-state index in [-0.39, 0.29) is 0 Å². The van der Waals surface area contributed by atoms with Gasteiger partial charge in [0.05, 0.1) is 6.07 Å². The average Bonchev–Trinajstić information content (AvgIpc) is 2.16. The third kappa shape index (κ3) is 1.72. The Morgan fingerprint density at radius 3 is 2.07 bits per heavy atom. The molecule has 0 spiro atoms. The van der Waals surface area contributed by atoms with Crippen molar-refractivity contribution in [1.29, 1.82) is 5.26 Å². The minimum absolute atomic E-state index is 0.710. The highest BCUT2D eigenvalue weighted by Gasteiger charge is 2.43. The summed E-state index contributed by atoms with van der Waals surface area (Å²) in [5, 5.41) is 18.2. The summed E-state index contributed by atoms with van der Waals surface area (Å²) in [6.45, 7) is 5.97. The van der Waals surface area contributed by atoms with Crippen molar-refractivity contribution < 1.29 is 5.11 Å². The van der Waals surface area contributed by atoms with E-state index >= 15 is 0 Å². The Balaban J connectivity index is 3.25. The van der Waals surface area contributed by atoms with Crippen molar-refractivity contribution in [3.63, 3.8) is 0 Å². The van der Waals surface area contributed by atoms with Gasteiger partial charge in [0.2, 0.25) is 0 Å². The quantitative estimate of drug-likeness (QED) is 0.594. The van der Waals surface area contributed by atoms with Gasteiger partial charge in [-0.1, -0.05) is 50.0 Å². The van der Waals surface area contributed by atoms with Crippen molar-refractivity contribution in [2.45, 2.75) is 24.9 Å². The number of hydrogen-bond acceptors (Lipinski definition) is 2. The molecule has 1 atom stereocenters. The van der Waals surface area contributed by atoms with Gasteiger partial charge >= 0.3 is 0 Å². The molecular formula is C11H15NOSi. The number of rotatable bonds is 2. The van der Waals surface area contributed by atoms with Crippen LogP contribution in [0.1, 0.15) is 5.56 Å². The van der Waals surface area contributed by atoms with Crippen molar-refractivity contribution in [3.8, 4) is 6.07 Å². The summed E-state index contributed by atoms with van der Waals surface area (Å²) >= 11 is 0. The molecule has 1 aromatic carbocycles. The summed E-state index contributed by atoms with van der Waals surface area (Å²) in [6.07, 6.45) is 0. The van der Waals surface area contributed by atoms with Gasteiger partial charge < -0.3 is 5.11 Å². The molecule has 3 heteroatoms. The zero-order valence-corrected chi connectivity index (χ0v) is 9.78. The van der Waals surface area contributed by atoms with E-state index in [1.165, 1.54) is 0 Å². The first-order valence-corrected chi connectivity index (χ1v) is 8.11. The van der Waals surface area contributed by atoms with Crippen LogP contribution in [0.2, 0.25) is 19.6 Å². The van der Waals surface area contributed by atoms with Gasteiger partial charge in [-0.05, 0) is 5.56 Å². The van der Waals surface area contributed by atoms with Gasteiger partial charge in [-0.25, -0.2) is 0 Å². The fourth-order valence-corrected chi connectivity index (χ4v) is 2.71. The molecule has 0 aliphatic heterocycles. The molecule has 74 valence electrons. The van der Waals surface area contributed by atoms with Gasteiger partial charge in [0.25, 0.3) is 0 Å². The van der Waals surface area contributed by atoms with Crippen LogP contribution in [0.3, 0.4) is 0 Å². The SMILES string of the molecule is C[Si](C)(C)C(O)(C#N)c1ccccc1. The van der Waals surface area contributed by atoms with E-state index in [1.807, 2.05) is 50.0 Å². The molecule has 1 aromatic rings. The predicted octanol–water partition coefficient (Wildman–Crippen LogP) is 2.28. The van der Waals surface area contributed by atoms with Gasteiger partial charge in [-0.15, -0.1) is 0 Å². The van der Waals surface area contributed by atoms with Gasteiger partial charge in [0.15, 0.2) is 5.22 Å². The molecule has 1 unspecified atom stereocenters. The van der Waals surface area contributed by atoms with E-state index in [4.69, 9.17) is 5.26 Å². The number of hydrogen-bond donors (Lipinski definition) is 1. The minimum Gasteiger partial charge on any atom is -0.375 e. The Morgan fingerprint density at radius 2 is 1.71 bits per heavy atom. The van der Waals surface area contributed by atoms with Crippen LogP contribution in [-0.4, -0.2) is 13.2 Å². The zero-order valence-electron chi connectivity index (χ0n) is 8.78. The summed E-state index contributed by atoms with van der Waals surface area (Å²) in [5.41, 5.74) is 0.710. The molecular weight excluding hydrogens is 190 g/mol. The summed E-state index contributed by atoms with van der Waals surface area (Å²) in [7, 11) is -1.96. The molecule has 0 saturated carbocycles. The maximum Gasteiger partial charge on any atom is 0.161 e. The Labute approximate surface area is 85.8 Å². The van der Waals surface area contributed by atoms with Crippen LogP contribution >= 0.6 is 0 Å². The molecule has 14 heavy (non-hydrogen) atoms. The van der Waals surface area contributed by atoms with E-state index in [0.29, 0.717) is 5.56 Å². The first kappa shape index (κ1) is 11.0. The Hall–Kier alpha value is -1.11. The van der Waals surface area contributed by atoms with E-state index < -0.39 is 13.3 Å². The van der Waals surface area contributed by atoms with Crippen molar-refractivity contribution in [1.82, 2.24) is 0 Å². The third-order valence-corrected chi connectivity index (χ3v) is 5.01. The van der Waals surface area contributed by atoms with Gasteiger partial charge in [-0.2, -0.15) is 5.26 Å². The van der Waals surface area contributed by atoms with Crippen molar-refractivity contribution in [2.75, 3.05) is 0 Å². The lowest BCUT2D eigenvalue weighted by Crippen LogP contribution is -2.48. The summed E-state index contributed by atoms with van der Waals surface area (Å²) < 4.78 is 0. The summed E-state index contributed by atoms with van der Waals surface area (Å²) in [6, 6.07) is 11.2. The molecule has 0 fully saturated rings. The van der Waals surface area contributed by atoms with Crippen LogP contribution in [0.5, 0.6) is 0 Å². The molecule has 0 amide bonds. The first-order valence-electron chi connectivity index (χ1n) is 4.61. The van der Waals surface area contributed by atoms with E-state index in [2.05, 4.69) is 6.07 Å². The van der Waals surface area contributed by atoms with Gasteiger partial charge in [-0.3, -0.25) is 0 Å². The van der Waals surface area contributed by atoms with Crippen molar-refractivity contribution in [2.24, 2.45) is 0 Å². The Kier molecular flexibility index (Phi) is 2.79. The highest BCUT2D eigenvalue weighted by molar-refractivity contribution is 6.79. The lowest BCUT2D eigenvalue weighted by molar-refractivity contribution is 0.175. The van der Waals surface area contributed by atoms with Crippen LogP contribution in [0.4, 0.5) is 0 Å². The summed E-state index contributed by atoms with van der Waals surface area (Å²) in [4.78, 5) is 0. The maximum atomic E-state index is 10.3. The first-order chi connectivity index (χ1) is 6.42. The number of aliphatic hydroxyl groups is 1. The zero-order chi connectivity index (χ0) is 10.8. The molecule has 0 bridgehead atoms. The third-order valence-electron chi connectivity index (χ3n) is 2.44. The largest absolute Gasteiger partial charge is 0.375 e. The Morgan fingerprint density at radius 1 is 1.21 bits per heavy atom. The average molecular weight is 205 g/mol. The normalized spacial score (nSPS) is 15.6. The minimum atomic E-state index is -1.96. The number of nitrogens with zero attached hydrogens (tertiary/aromatic N) is 1. The predicted molar refractivity (Wildman–Crippen MR) is 59.3 cm³/mol. The molecule has 1 N–H and O–H groups in total. The fourth-order valence-electron chi connectivity index (χ4n) is 1.34. The molecule has 0 heterocycles. The standard InChI is InChI=1S/C11H15NOSi/c1-14(2,3)11(13,9-12)10-7-5-4-6-8-10/h4-8,13H,1-3H3. The highest BCUT2D eigenvalue weighted by atomic mass is 28.3. The maximum absolute atomic E-state index is 10.3. The lowest BCUT2D eigenvalue weighted by Gasteiger charge is -2.32. The molecule has 0 radical (unpaired) electrons. The smallest absolute Gasteiger partial charge is 0.161 e. The molecule has 0 aliphatic carbocycles. The summed E-state index contributed by atoms with van der Waals surface area (Å²) in [5.74, 6) is 0. The topological polar surface area (TPSA) is 44.0 Å². The van der Waals surface area contributed by atoms with Crippen molar-refractivity contribution in [3.05, 3.63) is 35.9 Å². The van der Waals surface area contributed by atoms with Crippen molar-refractivity contribution >= 4 is 8.07 Å². The van der Waals surface area contributed by atoms with Crippen LogP contribution in [0, 0.1) is 11.3 Å². The van der Waals surface area contributed by atoms with Gasteiger partial charge in [0.1, 0.15) is 8.07 Å². The van der Waals surface area contributed by atoms with Crippen LogP contribution in [0.25, 0.3) is 0 Å². The monoisotopic (exact) mass is 205 g/mol.